The molecule has 1 fully saturated rings. The third-order valence-electron chi connectivity index (χ3n) is 4.76. The Bertz CT molecular complexity index is 946. The number of furan rings is 1. The second kappa shape index (κ2) is 8.39. The molecule has 1 aromatic carbocycles. The molecule has 5 nitrogen and oxygen atoms in total. The van der Waals surface area contributed by atoms with E-state index in [9.17, 15) is 0 Å². The first-order chi connectivity index (χ1) is 13.3. The third-order valence-corrected chi connectivity index (χ3v) is 5.60. The zero-order valence-corrected chi connectivity index (χ0v) is 16.2. The van der Waals surface area contributed by atoms with E-state index in [1.54, 1.807) is 24.7 Å². The van der Waals surface area contributed by atoms with E-state index >= 15 is 0 Å². The fourth-order valence-corrected chi connectivity index (χ4v) is 4.16. The summed E-state index contributed by atoms with van der Waals surface area (Å²) in [6, 6.07) is 12.1. The lowest BCUT2D eigenvalue weighted by Gasteiger charge is -2.16. The van der Waals surface area contributed by atoms with Crippen molar-refractivity contribution < 1.29 is 9.15 Å². The molecule has 6 heteroatoms. The van der Waals surface area contributed by atoms with Gasteiger partial charge in [0.05, 0.1) is 25.6 Å². The van der Waals surface area contributed by atoms with Crippen LogP contribution in [0.5, 0.6) is 5.75 Å². The summed E-state index contributed by atoms with van der Waals surface area (Å²) in [4.78, 5) is 5.91. The van der Waals surface area contributed by atoms with Crippen LogP contribution < -0.4 is 9.54 Å². The molecule has 0 radical (unpaired) electrons. The van der Waals surface area contributed by atoms with Crippen LogP contribution in [0.1, 0.15) is 37.7 Å². The maximum atomic E-state index is 5.60. The van der Waals surface area contributed by atoms with Crippen molar-refractivity contribution in [3.8, 4) is 17.2 Å². The van der Waals surface area contributed by atoms with Crippen LogP contribution in [0.4, 0.5) is 0 Å². The molecule has 2 heterocycles. The SMILES string of the molecule is COc1ccc(C=Nn2c(-c3ccco3)csc2=NC2CCCCC2)cc1. The van der Waals surface area contributed by atoms with Gasteiger partial charge in [0, 0.05) is 5.38 Å². The predicted molar refractivity (Wildman–Crippen MR) is 108 cm³/mol. The van der Waals surface area contributed by atoms with Gasteiger partial charge < -0.3 is 9.15 Å². The molecule has 0 aliphatic heterocycles. The Kier molecular flexibility index (Phi) is 5.53. The fraction of sp³-hybridized carbons (Fsp3) is 0.333. The zero-order chi connectivity index (χ0) is 18.5. The molecule has 27 heavy (non-hydrogen) atoms. The lowest BCUT2D eigenvalue weighted by molar-refractivity contribution is 0.415. The van der Waals surface area contributed by atoms with Crippen molar-refractivity contribution in [1.82, 2.24) is 4.68 Å². The van der Waals surface area contributed by atoms with Gasteiger partial charge in [0.25, 0.3) is 0 Å². The Morgan fingerprint density at radius 3 is 2.67 bits per heavy atom. The summed E-state index contributed by atoms with van der Waals surface area (Å²) in [5.41, 5.74) is 1.92. The highest BCUT2D eigenvalue weighted by Crippen LogP contribution is 2.23. The molecule has 4 rings (SSSR count). The number of hydrogen-bond acceptors (Lipinski definition) is 5. The van der Waals surface area contributed by atoms with E-state index in [0.717, 1.165) is 40.4 Å². The number of aromatic nitrogens is 1. The molecule has 0 unspecified atom stereocenters. The van der Waals surface area contributed by atoms with E-state index in [-0.39, 0.29) is 0 Å². The first-order valence-electron chi connectivity index (χ1n) is 9.30. The smallest absolute Gasteiger partial charge is 0.206 e. The van der Waals surface area contributed by atoms with Crippen LogP contribution in [0.3, 0.4) is 0 Å². The second-order valence-corrected chi connectivity index (χ2v) is 7.47. The van der Waals surface area contributed by atoms with Crippen LogP contribution >= 0.6 is 11.3 Å². The monoisotopic (exact) mass is 381 g/mol. The summed E-state index contributed by atoms with van der Waals surface area (Å²) in [6.45, 7) is 0. The van der Waals surface area contributed by atoms with Crippen molar-refractivity contribution >= 4 is 17.6 Å². The number of benzene rings is 1. The first kappa shape index (κ1) is 17.8. The van der Waals surface area contributed by atoms with E-state index in [1.807, 2.05) is 47.3 Å². The Balaban J connectivity index is 1.70. The van der Waals surface area contributed by atoms with Gasteiger partial charge in [0.1, 0.15) is 11.4 Å². The molecular weight excluding hydrogens is 358 g/mol. The van der Waals surface area contributed by atoms with Crippen molar-refractivity contribution in [3.05, 3.63) is 58.4 Å². The highest BCUT2D eigenvalue weighted by atomic mass is 32.1. The van der Waals surface area contributed by atoms with Gasteiger partial charge in [-0.05, 0) is 54.8 Å². The topological polar surface area (TPSA) is 52.0 Å². The molecule has 140 valence electrons. The largest absolute Gasteiger partial charge is 0.497 e. The summed E-state index contributed by atoms with van der Waals surface area (Å²) in [5, 5.41) is 6.78. The van der Waals surface area contributed by atoms with Crippen LogP contribution in [0.15, 0.2) is 62.6 Å². The maximum absolute atomic E-state index is 5.60. The minimum absolute atomic E-state index is 0.393. The minimum atomic E-state index is 0.393. The highest BCUT2D eigenvalue weighted by molar-refractivity contribution is 7.07. The average Bonchev–Trinajstić information content (AvgIpc) is 3.37. The average molecular weight is 382 g/mol. The number of nitrogens with zero attached hydrogens (tertiary/aromatic N) is 3. The minimum Gasteiger partial charge on any atom is -0.497 e. The number of hydrogen-bond donors (Lipinski definition) is 0. The molecule has 1 saturated carbocycles. The Morgan fingerprint density at radius 2 is 1.96 bits per heavy atom. The summed E-state index contributed by atoms with van der Waals surface area (Å²) >= 11 is 1.61. The van der Waals surface area contributed by atoms with Gasteiger partial charge in [-0.15, -0.1) is 11.3 Å². The van der Waals surface area contributed by atoms with Crippen molar-refractivity contribution in [3.63, 3.8) is 0 Å². The molecule has 0 amide bonds. The quantitative estimate of drug-likeness (QED) is 0.588. The lowest BCUT2D eigenvalue weighted by atomic mass is 9.96. The molecule has 0 bridgehead atoms. The van der Waals surface area contributed by atoms with Crippen molar-refractivity contribution in [1.29, 1.82) is 0 Å². The van der Waals surface area contributed by atoms with Gasteiger partial charge in [-0.25, -0.2) is 4.68 Å². The van der Waals surface area contributed by atoms with E-state index in [1.165, 1.54) is 19.3 Å². The first-order valence-corrected chi connectivity index (χ1v) is 10.2. The lowest BCUT2D eigenvalue weighted by Crippen LogP contribution is -2.18. The van der Waals surface area contributed by atoms with Crippen molar-refractivity contribution in [2.45, 2.75) is 38.1 Å². The normalized spacial score (nSPS) is 16.3. The molecule has 0 saturated heterocycles. The molecule has 0 N–H and O–H groups in total. The van der Waals surface area contributed by atoms with Gasteiger partial charge in [0.2, 0.25) is 4.80 Å². The second-order valence-electron chi connectivity index (χ2n) is 6.63. The number of ether oxygens (including phenoxy) is 1. The Labute approximate surface area is 162 Å². The Morgan fingerprint density at radius 1 is 1.15 bits per heavy atom. The molecule has 0 atom stereocenters. The van der Waals surface area contributed by atoms with Crippen molar-refractivity contribution in [2.75, 3.05) is 7.11 Å². The van der Waals surface area contributed by atoms with E-state index in [0.29, 0.717) is 6.04 Å². The summed E-state index contributed by atoms with van der Waals surface area (Å²) < 4.78 is 12.7. The molecule has 1 aliphatic carbocycles. The standard InChI is InChI=1S/C21H23N3O2S/c1-25-18-11-9-16(10-12-18)14-22-24-19(20-8-5-13-26-20)15-27-21(24)23-17-6-3-2-4-7-17/h5,8-15,17H,2-4,6-7H2,1H3. The zero-order valence-electron chi connectivity index (χ0n) is 15.4. The predicted octanol–water partition coefficient (Wildman–Crippen LogP) is 4.93. The summed E-state index contributed by atoms with van der Waals surface area (Å²) in [7, 11) is 1.67. The van der Waals surface area contributed by atoms with Crippen LogP contribution in [0.2, 0.25) is 0 Å². The number of thiazole rings is 1. The molecule has 1 aliphatic rings. The maximum Gasteiger partial charge on any atom is 0.206 e. The van der Waals surface area contributed by atoms with E-state index in [2.05, 4.69) is 5.38 Å². The molecule has 3 aromatic rings. The number of methoxy groups -OCH3 is 1. The van der Waals surface area contributed by atoms with Crippen LogP contribution in [0.25, 0.3) is 11.5 Å². The fourth-order valence-electron chi connectivity index (χ4n) is 3.28. The van der Waals surface area contributed by atoms with Gasteiger partial charge >= 0.3 is 0 Å². The molecular formula is C21H23N3O2S. The van der Waals surface area contributed by atoms with E-state index in [4.69, 9.17) is 19.2 Å². The Hall–Kier alpha value is -2.60. The highest BCUT2D eigenvalue weighted by Gasteiger charge is 2.14. The van der Waals surface area contributed by atoms with Gasteiger partial charge in [-0.2, -0.15) is 5.10 Å². The summed E-state index contributed by atoms with van der Waals surface area (Å²) in [6.07, 6.45) is 9.70. The van der Waals surface area contributed by atoms with Crippen LogP contribution in [-0.4, -0.2) is 24.0 Å². The van der Waals surface area contributed by atoms with Gasteiger partial charge in [-0.3, -0.25) is 4.99 Å². The van der Waals surface area contributed by atoms with Gasteiger partial charge in [0.15, 0.2) is 5.76 Å². The van der Waals surface area contributed by atoms with Crippen LogP contribution in [-0.2, 0) is 0 Å². The van der Waals surface area contributed by atoms with E-state index < -0.39 is 0 Å². The van der Waals surface area contributed by atoms with Crippen LogP contribution in [0, 0.1) is 0 Å². The van der Waals surface area contributed by atoms with Crippen molar-refractivity contribution in [2.24, 2.45) is 10.1 Å². The molecule has 0 spiro atoms. The number of rotatable bonds is 5. The molecule has 2 aromatic heterocycles. The summed E-state index contributed by atoms with van der Waals surface area (Å²) in [5.74, 6) is 1.63. The van der Waals surface area contributed by atoms with Gasteiger partial charge in [-0.1, -0.05) is 19.3 Å². The third kappa shape index (κ3) is 4.22.